The first-order chi connectivity index (χ1) is 7.31. The van der Waals surface area contributed by atoms with Crippen molar-refractivity contribution in [3.63, 3.8) is 0 Å². The molecular formula is C11H16N2O2. The van der Waals surface area contributed by atoms with Gasteiger partial charge >= 0.3 is 0 Å². The van der Waals surface area contributed by atoms with E-state index in [2.05, 4.69) is 10.6 Å². The Morgan fingerprint density at radius 1 is 1.40 bits per heavy atom. The van der Waals surface area contributed by atoms with E-state index in [0.29, 0.717) is 5.75 Å². The monoisotopic (exact) mass is 208 g/mol. The van der Waals surface area contributed by atoms with Crippen LogP contribution >= 0.6 is 0 Å². The Labute approximate surface area is 89.3 Å². The van der Waals surface area contributed by atoms with Gasteiger partial charge in [0.05, 0.1) is 7.11 Å². The average molecular weight is 208 g/mol. The highest BCUT2D eigenvalue weighted by atomic mass is 16.5. The summed E-state index contributed by atoms with van der Waals surface area (Å²) in [4.78, 5) is 0. The highest BCUT2D eigenvalue weighted by Crippen LogP contribution is 2.28. The molecule has 1 aliphatic rings. The van der Waals surface area contributed by atoms with E-state index in [1.807, 2.05) is 6.07 Å². The van der Waals surface area contributed by atoms with Crippen LogP contribution in [-0.2, 0) is 0 Å². The maximum atomic E-state index is 9.76. The van der Waals surface area contributed by atoms with Crippen molar-refractivity contribution in [1.82, 2.24) is 10.6 Å². The normalized spacial score (nSPS) is 21.3. The summed E-state index contributed by atoms with van der Waals surface area (Å²) in [5.74, 6) is 1.09. The minimum Gasteiger partial charge on any atom is -0.508 e. The quantitative estimate of drug-likeness (QED) is 0.667. The molecule has 2 rings (SSSR count). The van der Waals surface area contributed by atoms with Crippen molar-refractivity contribution in [2.75, 3.05) is 26.7 Å². The van der Waals surface area contributed by atoms with Gasteiger partial charge in [-0.15, -0.1) is 0 Å². The highest BCUT2D eigenvalue weighted by molar-refractivity contribution is 5.41. The van der Waals surface area contributed by atoms with E-state index in [9.17, 15) is 5.11 Å². The number of hydrogen-bond acceptors (Lipinski definition) is 4. The molecule has 4 nitrogen and oxygen atoms in total. The van der Waals surface area contributed by atoms with E-state index in [4.69, 9.17) is 4.74 Å². The Bertz CT molecular complexity index is 335. The molecule has 1 aromatic rings. The lowest BCUT2D eigenvalue weighted by molar-refractivity contribution is 0.391. The van der Waals surface area contributed by atoms with Gasteiger partial charge < -0.3 is 20.5 Å². The van der Waals surface area contributed by atoms with E-state index < -0.39 is 0 Å². The van der Waals surface area contributed by atoms with Crippen LogP contribution in [0.1, 0.15) is 11.6 Å². The minimum atomic E-state index is 0.161. The van der Waals surface area contributed by atoms with Gasteiger partial charge in [-0.05, 0) is 18.2 Å². The van der Waals surface area contributed by atoms with Crippen LogP contribution in [0.2, 0.25) is 0 Å². The summed E-state index contributed by atoms with van der Waals surface area (Å²) in [6, 6.07) is 5.47. The Morgan fingerprint density at radius 2 is 2.27 bits per heavy atom. The summed E-state index contributed by atoms with van der Waals surface area (Å²) in [5, 5.41) is 16.4. The zero-order valence-corrected chi connectivity index (χ0v) is 8.79. The van der Waals surface area contributed by atoms with E-state index in [1.54, 1.807) is 19.2 Å². The summed E-state index contributed by atoms with van der Waals surface area (Å²) in [6.07, 6.45) is 0. The molecule has 0 aromatic heterocycles. The number of phenols is 1. The van der Waals surface area contributed by atoms with E-state index in [-0.39, 0.29) is 6.04 Å². The lowest BCUT2D eigenvalue weighted by Gasteiger charge is -2.25. The molecule has 15 heavy (non-hydrogen) atoms. The van der Waals surface area contributed by atoms with Crippen molar-refractivity contribution >= 4 is 0 Å². The van der Waals surface area contributed by atoms with Crippen molar-refractivity contribution in [2.45, 2.75) is 6.04 Å². The topological polar surface area (TPSA) is 53.5 Å². The highest BCUT2D eigenvalue weighted by Gasteiger charge is 2.17. The van der Waals surface area contributed by atoms with Crippen molar-refractivity contribution in [2.24, 2.45) is 0 Å². The summed E-state index contributed by atoms with van der Waals surface area (Å²) >= 11 is 0. The van der Waals surface area contributed by atoms with Crippen LogP contribution in [0.15, 0.2) is 18.2 Å². The molecule has 1 heterocycles. The molecule has 0 saturated carbocycles. The molecule has 82 valence electrons. The van der Waals surface area contributed by atoms with Crippen molar-refractivity contribution in [3.05, 3.63) is 23.8 Å². The van der Waals surface area contributed by atoms with Gasteiger partial charge in [0.2, 0.25) is 0 Å². The number of methoxy groups -OCH3 is 1. The molecule has 4 heteroatoms. The fraction of sp³-hybridized carbons (Fsp3) is 0.455. The molecule has 1 aromatic carbocycles. The van der Waals surface area contributed by atoms with E-state index in [0.717, 1.165) is 30.9 Å². The summed E-state index contributed by atoms with van der Waals surface area (Å²) in [6.45, 7) is 2.73. The maximum Gasteiger partial charge on any atom is 0.120 e. The third-order valence-electron chi connectivity index (χ3n) is 2.65. The van der Waals surface area contributed by atoms with Crippen molar-refractivity contribution in [3.8, 4) is 11.5 Å². The fourth-order valence-electron chi connectivity index (χ4n) is 1.81. The molecule has 1 atom stereocenters. The van der Waals surface area contributed by atoms with Gasteiger partial charge in [0.15, 0.2) is 0 Å². The second-order valence-electron chi connectivity index (χ2n) is 3.64. The molecule has 0 unspecified atom stereocenters. The van der Waals surface area contributed by atoms with Gasteiger partial charge in [-0.1, -0.05) is 0 Å². The van der Waals surface area contributed by atoms with Crippen LogP contribution in [0.25, 0.3) is 0 Å². The fourth-order valence-corrected chi connectivity index (χ4v) is 1.81. The number of phenolic OH excluding ortho intramolecular Hbond substituents is 1. The van der Waals surface area contributed by atoms with Gasteiger partial charge in [-0.2, -0.15) is 0 Å². The summed E-state index contributed by atoms with van der Waals surface area (Å²) < 4.78 is 5.14. The second-order valence-corrected chi connectivity index (χ2v) is 3.64. The average Bonchev–Trinajstić information content (AvgIpc) is 2.31. The molecule has 1 fully saturated rings. The molecule has 0 radical (unpaired) electrons. The van der Waals surface area contributed by atoms with Gasteiger partial charge in [-0.25, -0.2) is 0 Å². The molecule has 3 N–H and O–H groups in total. The number of rotatable bonds is 2. The number of benzene rings is 1. The van der Waals surface area contributed by atoms with Crippen LogP contribution in [0.4, 0.5) is 0 Å². The molecule has 1 saturated heterocycles. The number of ether oxygens (including phenoxy) is 1. The third-order valence-corrected chi connectivity index (χ3v) is 2.65. The van der Waals surface area contributed by atoms with E-state index >= 15 is 0 Å². The van der Waals surface area contributed by atoms with Gasteiger partial charge in [0, 0.05) is 31.2 Å². The second kappa shape index (κ2) is 4.51. The van der Waals surface area contributed by atoms with Crippen molar-refractivity contribution in [1.29, 1.82) is 0 Å². The first-order valence-corrected chi connectivity index (χ1v) is 5.12. The van der Waals surface area contributed by atoms with Crippen LogP contribution < -0.4 is 15.4 Å². The first-order valence-electron chi connectivity index (χ1n) is 5.12. The predicted molar refractivity (Wildman–Crippen MR) is 58.3 cm³/mol. The standard InChI is InChI=1S/C11H16N2O2/c1-15-8-2-3-11(14)9(6-8)10-7-12-4-5-13-10/h2-3,6,10,12-14H,4-5,7H2,1H3/t10-/m1/s1. The van der Waals surface area contributed by atoms with Crippen LogP contribution in [0.3, 0.4) is 0 Å². The zero-order valence-electron chi connectivity index (χ0n) is 8.79. The predicted octanol–water partition coefficient (Wildman–Crippen LogP) is 0.635. The lowest BCUT2D eigenvalue weighted by Crippen LogP contribution is -2.42. The lowest BCUT2D eigenvalue weighted by atomic mass is 10.0. The third kappa shape index (κ3) is 2.22. The van der Waals surface area contributed by atoms with Gasteiger partial charge in [0.1, 0.15) is 11.5 Å². The molecule has 0 bridgehead atoms. The summed E-state index contributed by atoms with van der Waals surface area (Å²) in [5.41, 5.74) is 0.890. The van der Waals surface area contributed by atoms with E-state index in [1.165, 1.54) is 0 Å². The minimum absolute atomic E-state index is 0.161. The molecule has 0 aliphatic carbocycles. The SMILES string of the molecule is COc1ccc(O)c([C@H]2CNCCN2)c1. The maximum absolute atomic E-state index is 9.76. The Morgan fingerprint density at radius 3 is 2.93 bits per heavy atom. The smallest absolute Gasteiger partial charge is 0.120 e. The number of aromatic hydroxyl groups is 1. The number of hydrogen-bond donors (Lipinski definition) is 3. The molecule has 0 spiro atoms. The number of nitrogens with one attached hydrogen (secondary N) is 2. The Balaban J connectivity index is 2.24. The van der Waals surface area contributed by atoms with Crippen molar-refractivity contribution < 1.29 is 9.84 Å². The molecule has 0 amide bonds. The van der Waals surface area contributed by atoms with Crippen LogP contribution in [0, 0.1) is 0 Å². The number of piperazine rings is 1. The summed E-state index contributed by atoms with van der Waals surface area (Å²) in [7, 11) is 1.63. The van der Waals surface area contributed by atoms with Crippen LogP contribution in [0.5, 0.6) is 11.5 Å². The van der Waals surface area contributed by atoms with Gasteiger partial charge in [0.25, 0.3) is 0 Å². The Hall–Kier alpha value is -1.26. The van der Waals surface area contributed by atoms with Crippen LogP contribution in [-0.4, -0.2) is 31.9 Å². The Kier molecular flexibility index (Phi) is 3.08. The molecular weight excluding hydrogens is 192 g/mol. The van der Waals surface area contributed by atoms with Gasteiger partial charge in [-0.3, -0.25) is 0 Å². The molecule has 1 aliphatic heterocycles. The largest absolute Gasteiger partial charge is 0.508 e. The first kappa shape index (κ1) is 10.3. The zero-order chi connectivity index (χ0) is 10.7.